The maximum atomic E-state index is 12.1. The number of hydroxylamine groups is 1. The zero-order chi connectivity index (χ0) is 30.1. The molecule has 0 saturated heterocycles. The number of carboxylic acids is 1. The molecule has 0 aliphatic heterocycles. The predicted octanol–water partition coefficient (Wildman–Crippen LogP) is 2.38. The van der Waals surface area contributed by atoms with Crippen LogP contribution in [-0.2, 0) is 49.4 Å². The monoisotopic (exact) mass is 583 g/mol. The summed E-state index contributed by atoms with van der Waals surface area (Å²) < 4.78 is 15.7. The van der Waals surface area contributed by atoms with Gasteiger partial charge in [0.2, 0.25) is 0 Å². The molecule has 0 bridgehead atoms. The van der Waals surface area contributed by atoms with Gasteiger partial charge in [-0.15, -0.1) is 0 Å². The fourth-order valence-corrected chi connectivity index (χ4v) is 3.76. The number of hydrogen-bond acceptors (Lipinski definition) is 10. The van der Waals surface area contributed by atoms with E-state index in [9.17, 15) is 29.1 Å². The number of aromatic nitrogens is 2. The van der Waals surface area contributed by atoms with Crippen molar-refractivity contribution in [3.63, 3.8) is 0 Å². The summed E-state index contributed by atoms with van der Waals surface area (Å²) in [5.74, 6) is -1.83. The molecule has 1 atom stereocenters. The molecule has 0 fully saturated rings. The topological polar surface area (TPSA) is 183 Å². The molecule has 232 valence electrons. The van der Waals surface area contributed by atoms with Gasteiger partial charge < -0.3 is 29.1 Å². The molecule has 1 amide bonds. The third kappa shape index (κ3) is 21.4. The number of imidazole rings is 1. The molecule has 1 rings (SSSR count). The van der Waals surface area contributed by atoms with E-state index in [1.807, 2.05) is 0 Å². The molecule has 1 aromatic rings. The number of aromatic amines is 1. The van der Waals surface area contributed by atoms with Crippen molar-refractivity contribution in [2.75, 3.05) is 46.2 Å². The van der Waals surface area contributed by atoms with Crippen LogP contribution in [0.2, 0.25) is 0 Å². The van der Waals surface area contributed by atoms with Gasteiger partial charge in [0.25, 0.3) is 5.91 Å². The van der Waals surface area contributed by atoms with Crippen LogP contribution in [0, 0.1) is 5.92 Å². The molecule has 3 N–H and O–H groups in total. The molecule has 1 heterocycles. The van der Waals surface area contributed by atoms with Gasteiger partial charge in [-0.2, -0.15) is 0 Å². The molecule has 0 spiro atoms. The smallest absolute Gasteiger partial charge is 0.306 e. The highest BCUT2D eigenvalue weighted by atomic mass is 16.7. The quantitative estimate of drug-likeness (QED) is 0.0972. The van der Waals surface area contributed by atoms with Crippen LogP contribution in [0.5, 0.6) is 0 Å². The molecule has 0 unspecified atom stereocenters. The van der Waals surface area contributed by atoms with Crippen LogP contribution in [0.25, 0.3) is 0 Å². The second-order valence-electron chi connectivity index (χ2n) is 9.72. The van der Waals surface area contributed by atoms with Crippen molar-refractivity contribution in [1.82, 2.24) is 15.4 Å². The third-order valence-electron chi connectivity index (χ3n) is 6.06. The van der Waals surface area contributed by atoms with E-state index < -0.39 is 17.8 Å². The lowest BCUT2D eigenvalue weighted by Crippen LogP contribution is -2.29. The number of carbonyl (C=O) groups is 5. The Kier molecular flexibility index (Phi) is 20.8. The molecule has 0 aromatic carbocycles. The van der Waals surface area contributed by atoms with Crippen LogP contribution in [0.3, 0.4) is 0 Å². The van der Waals surface area contributed by atoms with Gasteiger partial charge in [0.1, 0.15) is 24.8 Å². The highest BCUT2D eigenvalue weighted by Crippen LogP contribution is 2.18. The molecule has 0 radical (unpaired) electrons. The van der Waals surface area contributed by atoms with Crippen LogP contribution in [0.1, 0.15) is 76.8 Å². The minimum absolute atomic E-state index is 0.0365. The first kappa shape index (κ1) is 36.0. The first-order valence-electron chi connectivity index (χ1n) is 14.1. The number of ether oxygens (including phenoxy) is 3. The van der Waals surface area contributed by atoms with E-state index in [-0.39, 0.29) is 56.8 Å². The molecule has 0 aliphatic rings. The minimum Gasteiger partial charge on any atom is -0.481 e. The highest BCUT2D eigenvalue weighted by molar-refractivity contribution is 5.80. The van der Waals surface area contributed by atoms with Crippen LogP contribution in [0.15, 0.2) is 12.5 Å². The van der Waals surface area contributed by atoms with E-state index >= 15 is 0 Å². The molecule has 13 heteroatoms. The molecule has 0 aliphatic carbocycles. The van der Waals surface area contributed by atoms with E-state index in [2.05, 4.69) is 15.4 Å². The van der Waals surface area contributed by atoms with E-state index in [4.69, 9.17) is 19.0 Å². The van der Waals surface area contributed by atoms with Crippen LogP contribution < -0.4 is 5.48 Å². The fourth-order valence-electron chi connectivity index (χ4n) is 3.76. The average Bonchev–Trinajstić information content (AvgIpc) is 3.45. The second kappa shape index (κ2) is 23.7. The SMILES string of the molecule is CC(=O)CCCOCCOCC(=O)NOCCOCC(=O)CCCCC[C@H](CCC(=O)CCc1cnc[nH]1)C(=O)O. The van der Waals surface area contributed by atoms with Gasteiger partial charge in [0, 0.05) is 44.2 Å². The van der Waals surface area contributed by atoms with Crippen molar-refractivity contribution in [3.8, 4) is 0 Å². The third-order valence-corrected chi connectivity index (χ3v) is 6.06. The number of nitrogens with one attached hydrogen (secondary N) is 2. The Morgan fingerprint density at radius 3 is 2.32 bits per heavy atom. The van der Waals surface area contributed by atoms with E-state index in [0.29, 0.717) is 77.4 Å². The van der Waals surface area contributed by atoms with E-state index in [0.717, 1.165) is 5.69 Å². The largest absolute Gasteiger partial charge is 0.481 e. The van der Waals surface area contributed by atoms with Gasteiger partial charge in [-0.25, -0.2) is 10.5 Å². The van der Waals surface area contributed by atoms with Gasteiger partial charge in [-0.3, -0.25) is 24.0 Å². The summed E-state index contributed by atoms with van der Waals surface area (Å²) in [6.07, 6.45) is 8.66. The molecule has 1 aromatic heterocycles. The first-order valence-corrected chi connectivity index (χ1v) is 14.1. The number of hydrogen-bond donors (Lipinski definition) is 3. The van der Waals surface area contributed by atoms with Gasteiger partial charge in [-0.1, -0.05) is 12.8 Å². The number of aryl methyl sites for hydroxylation is 1. The second-order valence-corrected chi connectivity index (χ2v) is 9.72. The molecule has 0 saturated carbocycles. The number of amides is 1. The summed E-state index contributed by atoms with van der Waals surface area (Å²) in [6.45, 7) is 2.51. The number of carboxylic acid groups (broad SMARTS) is 1. The Morgan fingerprint density at radius 1 is 0.829 bits per heavy atom. The van der Waals surface area contributed by atoms with Gasteiger partial charge in [0.15, 0.2) is 5.78 Å². The molecular weight excluding hydrogens is 538 g/mol. The summed E-state index contributed by atoms with van der Waals surface area (Å²) in [6, 6.07) is 0. The molecule has 13 nitrogen and oxygen atoms in total. The van der Waals surface area contributed by atoms with Crippen molar-refractivity contribution >= 4 is 29.2 Å². The maximum Gasteiger partial charge on any atom is 0.306 e. The lowest BCUT2D eigenvalue weighted by molar-refractivity contribution is -0.142. The number of rotatable bonds is 28. The van der Waals surface area contributed by atoms with Gasteiger partial charge >= 0.3 is 5.97 Å². The molecular formula is C28H45N3O10. The lowest BCUT2D eigenvalue weighted by atomic mass is 9.94. The number of unbranched alkanes of at least 4 members (excludes halogenated alkanes) is 2. The zero-order valence-electron chi connectivity index (χ0n) is 24.0. The average molecular weight is 584 g/mol. The Bertz CT molecular complexity index is 892. The van der Waals surface area contributed by atoms with Crippen LogP contribution >= 0.6 is 0 Å². The van der Waals surface area contributed by atoms with Crippen molar-refractivity contribution < 1.29 is 48.1 Å². The standard InChI is InChI=1S/C28H45N3O10/c1-22(32)6-5-13-38-14-15-40-20-27(35)31-41-17-16-39-19-26(34)8-4-2-3-7-23(28(36)37)9-11-25(33)12-10-24-18-29-21-30-24/h18,21,23H,2-17,19-20H2,1H3,(H,29,30)(H,31,35)(H,36,37)/t23-/m1/s1. The maximum absolute atomic E-state index is 12.1. The summed E-state index contributed by atoms with van der Waals surface area (Å²) in [5, 5.41) is 9.45. The number of ketones is 3. The highest BCUT2D eigenvalue weighted by Gasteiger charge is 2.18. The fraction of sp³-hybridized carbons (Fsp3) is 0.714. The normalized spacial score (nSPS) is 11.7. The first-order chi connectivity index (χ1) is 19.8. The predicted molar refractivity (Wildman–Crippen MR) is 147 cm³/mol. The van der Waals surface area contributed by atoms with E-state index in [1.54, 1.807) is 12.5 Å². The Labute approximate surface area is 241 Å². The number of H-pyrrole nitrogens is 1. The van der Waals surface area contributed by atoms with E-state index in [1.165, 1.54) is 6.92 Å². The number of carbonyl (C=O) groups excluding carboxylic acids is 4. The Hall–Kier alpha value is -3.00. The number of nitrogens with zero attached hydrogens (tertiary/aromatic N) is 1. The summed E-state index contributed by atoms with van der Waals surface area (Å²) in [7, 11) is 0. The van der Waals surface area contributed by atoms with Crippen LogP contribution in [0.4, 0.5) is 0 Å². The summed E-state index contributed by atoms with van der Waals surface area (Å²) in [5.41, 5.74) is 3.10. The van der Waals surface area contributed by atoms with Crippen molar-refractivity contribution in [2.45, 2.75) is 77.6 Å². The zero-order valence-corrected chi connectivity index (χ0v) is 24.0. The molecule has 41 heavy (non-hydrogen) atoms. The van der Waals surface area contributed by atoms with Crippen molar-refractivity contribution in [1.29, 1.82) is 0 Å². The van der Waals surface area contributed by atoms with Gasteiger partial charge in [0.05, 0.1) is 38.7 Å². The number of Topliss-reactive ketones (excluding diaryl/α,β-unsaturated/α-hetero) is 3. The Morgan fingerprint density at radius 2 is 1.59 bits per heavy atom. The minimum atomic E-state index is -0.898. The Balaban J connectivity index is 1.95. The number of aliphatic carboxylic acids is 1. The van der Waals surface area contributed by atoms with Crippen LogP contribution in [-0.4, -0.2) is 90.5 Å². The van der Waals surface area contributed by atoms with Crippen molar-refractivity contribution in [2.24, 2.45) is 5.92 Å². The summed E-state index contributed by atoms with van der Waals surface area (Å²) in [4.78, 5) is 69.8. The summed E-state index contributed by atoms with van der Waals surface area (Å²) >= 11 is 0. The van der Waals surface area contributed by atoms with Crippen molar-refractivity contribution in [3.05, 3.63) is 18.2 Å². The van der Waals surface area contributed by atoms with Gasteiger partial charge in [-0.05, 0) is 39.0 Å². The lowest BCUT2D eigenvalue weighted by Gasteiger charge is -2.11.